The smallest absolute Gasteiger partial charge is 0.337 e. The maximum atomic E-state index is 11.2. The lowest BCUT2D eigenvalue weighted by atomic mass is 10.0. The average molecular weight is 250 g/mol. The minimum atomic E-state index is -0.937. The normalized spacial score (nSPS) is 18.4. The van der Waals surface area contributed by atoms with Crippen LogP contribution in [-0.4, -0.2) is 30.9 Å². The zero-order valence-electron chi connectivity index (χ0n) is 10.2. The molecule has 98 valence electrons. The van der Waals surface area contributed by atoms with Gasteiger partial charge in [-0.25, -0.2) is 4.79 Å². The summed E-state index contributed by atoms with van der Waals surface area (Å²) in [7, 11) is 0. The highest BCUT2D eigenvalue weighted by molar-refractivity contribution is 5.74. The molecular weight excluding hydrogens is 232 g/mol. The second-order valence-corrected chi connectivity index (χ2v) is 4.52. The lowest BCUT2D eigenvalue weighted by Crippen LogP contribution is -2.24. The molecule has 1 atom stereocenters. The van der Waals surface area contributed by atoms with Gasteiger partial charge in [-0.1, -0.05) is 30.3 Å². The van der Waals surface area contributed by atoms with Crippen molar-refractivity contribution in [1.29, 1.82) is 0 Å². The van der Waals surface area contributed by atoms with Gasteiger partial charge in [-0.2, -0.15) is 0 Å². The number of rotatable bonds is 5. The van der Waals surface area contributed by atoms with E-state index in [1.807, 2.05) is 18.2 Å². The molecule has 4 heteroatoms. The lowest BCUT2D eigenvalue weighted by Gasteiger charge is -2.23. The zero-order valence-corrected chi connectivity index (χ0v) is 10.2. The summed E-state index contributed by atoms with van der Waals surface area (Å²) in [6.45, 7) is 1.98. The minimum Gasteiger partial charge on any atom is -0.479 e. The number of carboxylic acids is 1. The molecule has 18 heavy (non-hydrogen) atoms. The Morgan fingerprint density at radius 1 is 1.33 bits per heavy atom. The van der Waals surface area contributed by atoms with E-state index in [0.29, 0.717) is 18.1 Å². The first-order valence-corrected chi connectivity index (χ1v) is 6.24. The molecule has 0 spiro atoms. The maximum absolute atomic E-state index is 11.2. The number of benzene rings is 1. The van der Waals surface area contributed by atoms with E-state index in [2.05, 4.69) is 0 Å². The highest BCUT2D eigenvalue weighted by atomic mass is 16.5. The van der Waals surface area contributed by atoms with Gasteiger partial charge in [0.15, 0.2) is 6.10 Å². The lowest BCUT2D eigenvalue weighted by molar-refractivity contribution is -0.152. The minimum absolute atomic E-state index is 0.407. The van der Waals surface area contributed by atoms with Crippen molar-refractivity contribution in [1.82, 2.24) is 0 Å². The Bertz CT molecular complexity index is 371. The topological polar surface area (TPSA) is 55.8 Å². The van der Waals surface area contributed by atoms with Gasteiger partial charge in [0.2, 0.25) is 0 Å². The van der Waals surface area contributed by atoms with Crippen LogP contribution < -0.4 is 0 Å². The van der Waals surface area contributed by atoms with E-state index in [1.54, 1.807) is 12.1 Å². The van der Waals surface area contributed by atoms with Crippen LogP contribution in [-0.2, 0) is 14.3 Å². The Kier molecular flexibility index (Phi) is 4.73. The molecule has 1 fully saturated rings. The van der Waals surface area contributed by atoms with Crippen molar-refractivity contribution in [2.75, 3.05) is 19.8 Å². The molecule has 2 rings (SSSR count). The summed E-state index contributed by atoms with van der Waals surface area (Å²) in [5.41, 5.74) is 0.692. The molecule has 0 bridgehead atoms. The van der Waals surface area contributed by atoms with Crippen molar-refractivity contribution in [3.63, 3.8) is 0 Å². The number of hydrogen-bond acceptors (Lipinski definition) is 3. The van der Waals surface area contributed by atoms with Gasteiger partial charge in [0.05, 0.1) is 6.61 Å². The predicted molar refractivity (Wildman–Crippen MR) is 66.3 cm³/mol. The quantitative estimate of drug-likeness (QED) is 0.870. The first-order valence-electron chi connectivity index (χ1n) is 6.24. The van der Waals surface area contributed by atoms with Crippen LogP contribution in [0.4, 0.5) is 0 Å². The van der Waals surface area contributed by atoms with E-state index in [-0.39, 0.29) is 0 Å². The standard InChI is InChI=1S/C14H18O4/c15-14(16)13(12-4-2-1-3-5-12)18-10-11-6-8-17-9-7-11/h1-5,11,13H,6-10H2,(H,15,16). The molecule has 1 aromatic rings. The number of aliphatic carboxylic acids is 1. The van der Waals surface area contributed by atoms with E-state index in [0.717, 1.165) is 26.1 Å². The molecular formula is C14H18O4. The Balaban J connectivity index is 1.92. The van der Waals surface area contributed by atoms with E-state index in [1.165, 1.54) is 0 Å². The Labute approximate surface area is 107 Å². The molecule has 0 aromatic heterocycles. The molecule has 4 nitrogen and oxygen atoms in total. The van der Waals surface area contributed by atoms with Gasteiger partial charge in [-0.15, -0.1) is 0 Å². The molecule has 1 unspecified atom stereocenters. The molecule has 1 aromatic carbocycles. The number of hydrogen-bond donors (Lipinski definition) is 1. The SMILES string of the molecule is O=C(O)C(OCC1CCOCC1)c1ccccc1. The van der Waals surface area contributed by atoms with Crippen LogP contribution in [0.25, 0.3) is 0 Å². The first kappa shape index (κ1) is 13.1. The Morgan fingerprint density at radius 2 is 2.00 bits per heavy atom. The van der Waals surface area contributed by atoms with Crippen molar-refractivity contribution in [2.24, 2.45) is 5.92 Å². The van der Waals surface area contributed by atoms with E-state index in [4.69, 9.17) is 9.47 Å². The summed E-state index contributed by atoms with van der Waals surface area (Å²) in [6.07, 6.45) is 1.02. The molecule has 1 aliphatic rings. The third-order valence-corrected chi connectivity index (χ3v) is 3.17. The highest BCUT2D eigenvalue weighted by Gasteiger charge is 2.23. The molecule has 0 aliphatic carbocycles. The fourth-order valence-electron chi connectivity index (χ4n) is 2.08. The molecule has 0 amide bonds. The molecule has 1 N–H and O–H groups in total. The number of carbonyl (C=O) groups is 1. The summed E-state index contributed by atoms with van der Waals surface area (Å²) in [5.74, 6) is -0.530. The van der Waals surface area contributed by atoms with Crippen molar-refractivity contribution >= 4 is 5.97 Å². The maximum Gasteiger partial charge on any atom is 0.337 e. The monoisotopic (exact) mass is 250 g/mol. The third kappa shape index (κ3) is 3.55. The average Bonchev–Trinajstić information content (AvgIpc) is 2.41. The van der Waals surface area contributed by atoms with Crippen LogP contribution in [0.5, 0.6) is 0 Å². The summed E-state index contributed by atoms with van der Waals surface area (Å²) in [5, 5.41) is 9.21. The van der Waals surface area contributed by atoms with E-state index < -0.39 is 12.1 Å². The van der Waals surface area contributed by atoms with Gasteiger partial charge >= 0.3 is 5.97 Å². The number of ether oxygens (including phenoxy) is 2. The van der Waals surface area contributed by atoms with Crippen LogP contribution in [0.3, 0.4) is 0 Å². The first-order chi connectivity index (χ1) is 8.77. The van der Waals surface area contributed by atoms with Crippen molar-refractivity contribution in [3.05, 3.63) is 35.9 Å². The summed E-state index contributed by atoms with van der Waals surface area (Å²) in [4.78, 5) is 11.2. The summed E-state index contributed by atoms with van der Waals surface area (Å²) >= 11 is 0. The number of carboxylic acid groups (broad SMARTS) is 1. The van der Waals surface area contributed by atoms with Crippen LogP contribution >= 0.6 is 0 Å². The van der Waals surface area contributed by atoms with Gasteiger partial charge in [0, 0.05) is 13.2 Å². The van der Waals surface area contributed by atoms with Crippen molar-refractivity contribution < 1.29 is 19.4 Å². The molecule has 1 aliphatic heterocycles. The van der Waals surface area contributed by atoms with Crippen molar-refractivity contribution in [3.8, 4) is 0 Å². The van der Waals surface area contributed by atoms with Crippen LogP contribution in [0.2, 0.25) is 0 Å². The predicted octanol–water partition coefficient (Wildman–Crippen LogP) is 2.26. The van der Waals surface area contributed by atoms with Crippen LogP contribution in [0.15, 0.2) is 30.3 Å². The third-order valence-electron chi connectivity index (χ3n) is 3.17. The molecule has 1 saturated heterocycles. The van der Waals surface area contributed by atoms with Crippen LogP contribution in [0, 0.1) is 5.92 Å². The molecule has 0 saturated carbocycles. The fraction of sp³-hybridized carbons (Fsp3) is 0.500. The van der Waals surface area contributed by atoms with Crippen molar-refractivity contribution in [2.45, 2.75) is 18.9 Å². The Morgan fingerprint density at radius 3 is 2.61 bits per heavy atom. The Hall–Kier alpha value is -1.39. The van der Waals surface area contributed by atoms with Gasteiger partial charge in [-0.3, -0.25) is 0 Å². The van der Waals surface area contributed by atoms with Gasteiger partial charge < -0.3 is 14.6 Å². The summed E-state index contributed by atoms with van der Waals surface area (Å²) < 4.78 is 10.8. The van der Waals surface area contributed by atoms with E-state index in [9.17, 15) is 9.90 Å². The van der Waals surface area contributed by atoms with E-state index >= 15 is 0 Å². The highest BCUT2D eigenvalue weighted by Crippen LogP contribution is 2.21. The van der Waals surface area contributed by atoms with Gasteiger partial charge in [-0.05, 0) is 24.3 Å². The zero-order chi connectivity index (χ0) is 12.8. The van der Waals surface area contributed by atoms with Gasteiger partial charge in [0.1, 0.15) is 0 Å². The molecule has 1 heterocycles. The second-order valence-electron chi connectivity index (χ2n) is 4.52. The second kappa shape index (κ2) is 6.52. The van der Waals surface area contributed by atoms with Crippen LogP contribution in [0.1, 0.15) is 24.5 Å². The fourth-order valence-corrected chi connectivity index (χ4v) is 2.08. The summed E-state index contributed by atoms with van der Waals surface area (Å²) in [6, 6.07) is 9.07. The van der Waals surface area contributed by atoms with Gasteiger partial charge in [0.25, 0.3) is 0 Å². The molecule has 0 radical (unpaired) electrons. The largest absolute Gasteiger partial charge is 0.479 e.